The van der Waals surface area contributed by atoms with Gasteiger partial charge in [-0.3, -0.25) is 0 Å². The molecule has 3 aromatic rings. The summed E-state index contributed by atoms with van der Waals surface area (Å²) in [6.07, 6.45) is 0.144. The maximum absolute atomic E-state index is 14.4. The van der Waals surface area contributed by atoms with Crippen LogP contribution < -0.4 is 0 Å². The van der Waals surface area contributed by atoms with Gasteiger partial charge >= 0.3 is 0 Å². The minimum atomic E-state index is -0.862. The van der Waals surface area contributed by atoms with Gasteiger partial charge in [-0.15, -0.1) is 0 Å². The van der Waals surface area contributed by atoms with Crippen molar-refractivity contribution in [2.75, 3.05) is 6.61 Å². The molecule has 2 nitrogen and oxygen atoms in total. The second-order valence-corrected chi connectivity index (χ2v) is 7.38. The van der Waals surface area contributed by atoms with E-state index in [-0.39, 0.29) is 22.8 Å². The number of ether oxygens (including phenoxy) is 1. The largest absolute Gasteiger partial charge is 0.389 e. The highest BCUT2D eigenvalue weighted by atomic mass is 19.2. The Morgan fingerprint density at radius 3 is 2.21 bits per heavy atom. The van der Waals surface area contributed by atoms with Gasteiger partial charge in [0.1, 0.15) is 11.9 Å². The van der Waals surface area contributed by atoms with Crippen molar-refractivity contribution in [3.63, 3.8) is 0 Å². The first-order valence-electron chi connectivity index (χ1n) is 9.59. The van der Waals surface area contributed by atoms with E-state index in [0.717, 1.165) is 11.1 Å². The van der Waals surface area contributed by atoms with Crippen LogP contribution in [-0.2, 0) is 17.6 Å². The first-order valence-corrected chi connectivity index (χ1v) is 9.59. The predicted octanol–water partition coefficient (Wildman–Crippen LogP) is 5.68. The van der Waals surface area contributed by atoms with Crippen molar-refractivity contribution in [1.82, 2.24) is 0 Å². The highest BCUT2D eigenvalue weighted by molar-refractivity contribution is 5.65. The Hall–Kier alpha value is -2.63. The highest BCUT2D eigenvalue weighted by Crippen LogP contribution is 2.35. The number of aliphatic hydroxyl groups is 1. The molecule has 4 rings (SSSR count). The van der Waals surface area contributed by atoms with Crippen LogP contribution in [0.2, 0.25) is 0 Å². The van der Waals surface area contributed by atoms with E-state index < -0.39 is 23.6 Å². The van der Waals surface area contributed by atoms with Gasteiger partial charge in [0, 0.05) is 16.7 Å². The third-order valence-corrected chi connectivity index (χ3v) is 5.27. The van der Waals surface area contributed by atoms with Gasteiger partial charge in [0.2, 0.25) is 0 Å². The third kappa shape index (κ3) is 4.21. The Bertz CT molecular complexity index is 1030. The standard InChI is InChI=1S/C24H21F3O2/c1-14(28)18-9-6-16(12-21(18)25)3-2-15-4-7-17(8-5-15)19-10-11-20(22-13-29-22)24(27)23(19)26/h4-12,14,22,28H,2-3,13H2,1H3. The van der Waals surface area contributed by atoms with E-state index >= 15 is 0 Å². The molecule has 0 aliphatic carbocycles. The van der Waals surface area contributed by atoms with E-state index in [4.69, 9.17) is 4.74 Å². The zero-order valence-electron chi connectivity index (χ0n) is 16.0. The van der Waals surface area contributed by atoms with Crippen molar-refractivity contribution in [3.05, 3.63) is 94.3 Å². The first kappa shape index (κ1) is 19.7. The molecule has 0 spiro atoms. The summed E-state index contributed by atoms with van der Waals surface area (Å²) >= 11 is 0. The number of hydrogen-bond acceptors (Lipinski definition) is 2. The molecule has 1 N–H and O–H groups in total. The Labute approximate surface area is 167 Å². The topological polar surface area (TPSA) is 32.8 Å². The SMILES string of the molecule is CC(O)c1ccc(CCc2ccc(-c3ccc(C4CO4)c(F)c3F)cc2)cc1F. The van der Waals surface area contributed by atoms with Crippen molar-refractivity contribution in [2.24, 2.45) is 0 Å². The van der Waals surface area contributed by atoms with Crippen LogP contribution in [-0.4, -0.2) is 11.7 Å². The van der Waals surface area contributed by atoms with Gasteiger partial charge in [0.05, 0.1) is 12.7 Å². The molecule has 1 saturated heterocycles. The molecule has 1 aliphatic rings. The molecule has 150 valence electrons. The fourth-order valence-electron chi connectivity index (χ4n) is 3.47. The summed E-state index contributed by atoms with van der Waals surface area (Å²) in [7, 11) is 0. The van der Waals surface area contributed by atoms with Gasteiger partial charge < -0.3 is 9.84 Å². The van der Waals surface area contributed by atoms with E-state index in [2.05, 4.69) is 0 Å². The molecule has 0 bridgehead atoms. The Morgan fingerprint density at radius 2 is 1.59 bits per heavy atom. The summed E-state index contributed by atoms with van der Waals surface area (Å²) in [6.45, 7) is 1.96. The van der Waals surface area contributed by atoms with Crippen LogP contribution >= 0.6 is 0 Å². The minimum Gasteiger partial charge on any atom is -0.389 e. The lowest BCUT2D eigenvalue weighted by Gasteiger charge is -2.10. The Kier molecular flexibility index (Phi) is 5.43. The van der Waals surface area contributed by atoms with Crippen molar-refractivity contribution < 1.29 is 23.0 Å². The maximum atomic E-state index is 14.4. The van der Waals surface area contributed by atoms with E-state index in [1.165, 1.54) is 13.0 Å². The summed E-state index contributed by atoms with van der Waals surface area (Å²) in [5, 5.41) is 9.51. The van der Waals surface area contributed by atoms with Crippen molar-refractivity contribution in [1.29, 1.82) is 0 Å². The second kappa shape index (κ2) is 8.01. The number of aryl methyl sites for hydroxylation is 2. The highest BCUT2D eigenvalue weighted by Gasteiger charge is 2.30. The normalized spacial score (nSPS) is 16.7. The fraction of sp³-hybridized carbons (Fsp3) is 0.250. The minimum absolute atomic E-state index is 0.217. The summed E-state index contributed by atoms with van der Waals surface area (Å²) in [4.78, 5) is 0. The molecule has 5 heteroatoms. The van der Waals surface area contributed by atoms with Crippen molar-refractivity contribution >= 4 is 0 Å². The molecular formula is C24H21F3O2. The number of epoxide rings is 1. The second-order valence-electron chi connectivity index (χ2n) is 7.38. The monoisotopic (exact) mass is 398 g/mol. The summed E-state index contributed by atoms with van der Waals surface area (Å²) in [6, 6.07) is 15.3. The molecule has 2 unspecified atom stereocenters. The van der Waals surface area contributed by atoms with E-state index in [0.29, 0.717) is 25.0 Å². The lowest BCUT2D eigenvalue weighted by molar-refractivity contribution is 0.194. The van der Waals surface area contributed by atoms with Crippen LogP contribution in [0.5, 0.6) is 0 Å². The Morgan fingerprint density at radius 1 is 0.931 bits per heavy atom. The molecule has 1 aliphatic heterocycles. The molecule has 0 saturated carbocycles. The van der Waals surface area contributed by atoms with Gasteiger partial charge in [-0.2, -0.15) is 0 Å². The molecule has 0 radical (unpaired) electrons. The van der Waals surface area contributed by atoms with Gasteiger partial charge in [-0.25, -0.2) is 13.2 Å². The fourth-order valence-corrected chi connectivity index (χ4v) is 3.47. The molecule has 1 fully saturated rings. The quantitative estimate of drug-likeness (QED) is 0.542. The smallest absolute Gasteiger partial charge is 0.167 e. The number of halogens is 3. The van der Waals surface area contributed by atoms with E-state index in [1.807, 2.05) is 18.2 Å². The number of rotatable bonds is 6. The van der Waals surface area contributed by atoms with Crippen molar-refractivity contribution in [2.45, 2.75) is 32.0 Å². The maximum Gasteiger partial charge on any atom is 0.167 e. The molecular weight excluding hydrogens is 377 g/mol. The van der Waals surface area contributed by atoms with Crippen LogP contribution in [0.4, 0.5) is 13.2 Å². The van der Waals surface area contributed by atoms with E-state index in [9.17, 15) is 18.3 Å². The molecule has 0 aromatic heterocycles. The molecule has 1 heterocycles. The molecule has 3 aromatic carbocycles. The first-order chi connectivity index (χ1) is 13.9. The lowest BCUT2D eigenvalue weighted by atomic mass is 9.98. The van der Waals surface area contributed by atoms with Gasteiger partial charge in [0.15, 0.2) is 11.6 Å². The zero-order chi connectivity index (χ0) is 20.5. The van der Waals surface area contributed by atoms with Gasteiger partial charge in [-0.05, 0) is 42.5 Å². The average molecular weight is 398 g/mol. The number of aliphatic hydroxyl groups excluding tert-OH is 1. The van der Waals surface area contributed by atoms with Crippen LogP contribution in [0.3, 0.4) is 0 Å². The predicted molar refractivity (Wildman–Crippen MR) is 105 cm³/mol. The summed E-state index contributed by atoms with van der Waals surface area (Å²) < 4.78 is 47.7. The van der Waals surface area contributed by atoms with Crippen molar-refractivity contribution in [3.8, 4) is 11.1 Å². The lowest BCUT2D eigenvalue weighted by Crippen LogP contribution is -1.99. The zero-order valence-corrected chi connectivity index (χ0v) is 16.0. The number of benzene rings is 3. The third-order valence-electron chi connectivity index (χ3n) is 5.27. The van der Waals surface area contributed by atoms with Crippen LogP contribution in [0, 0.1) is 17.5 Å². The van der Waals surface area contributed by atoms with E-state index in [1.54, 1.807) is 30.3 Å². The Balaban J connectivity index is 1.46. The van der Waals surface area contributed by atoms with Gasteiger partial charge in [-0.1, -0.05) is 48.5 Å². The van der Waals surface area contributed by atoms with Crippen LogP contribution in [0.1, 0.15) is 41.4 Å². The van der Waals surface area contributed by atoms with Crippen LogP contribution in [0.25, 0.3) is 11.1 Å². The molecule has 2 atom stereocenters. The number of hydrogen-bond donors (Lipinski definition) is 1. The summed E-state index contributed by atoms with van der Waals surface area (Å²) in [5.41, 5.74) is 3.21. The summed E-state index contributed by atoms with van der Waals surface area (Å²) in [5.74, 6) is -2.12. The molecule has 29 heavy (non-hydrogen) atoms. The molecule has 0 amide bonds. The van der Waals surface area contributed by atoms with Crippen LogP contribution in [0.15, 0.2) is 54.6 Å². The average Bonchev–Trinajstić information content (AvgIpc) is 3.54. The van der Waals surface area contributed by atoms with Gasteiger partial charge in [0.25, 0.3) is 0 Å².